The molecule has 0 bridgehead atoms. The van der Waals surface area contributed by atoms with E-state index < -0.39 is 0 Å². The topological polar surface area (TPSA) is 42.2 Å². The zero-order valence-corrected chi connectivity index (χ0v) is 14.9. The highest BCUT2D eigenvalue weighted by Gasteiger charge is 2.68. The number of Topliss-reactive ketones (excluding diaryl/α,β-unsaturated/α-hetero) is 1. The second-order valence-electron chi connectivity index (χ2n) is 7.89. The van der Waals surface area contributed by atoms with Crippen LogP contribution < -0.4 is 0 Å². The lowest BCUT2D eigenvalue weighted by Crippen LogP contribution is -2.07. The standard InChI is InChI=1S/C21H29NO2/c1-20(2)19(21(20,3)4)18(24)16-14-22(12-8-5-9-13-23)17-11-7-6-10-15(16)17/h6-7,10-11,14,19,23H,5,8-9,12-13H2,1-4H3/i6D,7D,10D,11D,14D. The maximum atomic E-state index is 13.5. The Kier molecular flexibility index (Phi) is 2.98. The minimum Gasteiger partial charge on any atom is -0.396 e. The van der Waals surface area contributed by atoms with Crippen LogP contribution in [-0.4, -0.2) is 22.1 Å². The van der Waals surface area contributed by atoms with Crippen molar-refractivity contribution in [3.05, 3.63) is 35.9 Å². The molecule has 0 aliphatic heterocycles. The molecular formula is C21H29NO2. The van der Waals surface area contributed by atoms with Crippen LogP contribution in [0.1, 0.15) is 64.2 Å². The van der Waals surface area contributed by atoms with Gasteiger partial charge in [0.05, 0.1) is 6.85 Å². The molecule has 1 heterocycles. The number of aliphatic hydroxyl groups excluding tert-OH is 1. The van der Waals surface area contributed by atoms with Crippen LogP contribution in [0.4, 0.5) is 0 Å². The summed E-state index contributed by atoms with van der Waals surface area (Å²) in [6.45, 7) is 8.51. The number of aryl methyl sites for hydroxylation is 1. The first-order chi connectivity index (χ1) is 13.4. The minimum atomic E-state index is -0.386. The van der Waals surface area contributed by atoms with Gasteiger partial charge in [-0.05, 0) is 36.1 Å². The van der Waals surface area contributed by atoms with Crippen LogP contribution in [0.3, 0.4) is 0 Å². The molecule has 0 unspecified atom stereocenters. The average Bonchev–Trinajstić information content (AvgIpc) is 2.91. The summed E-state index contributed by atoms with van der Waals surface area (Å²) in [4.78, 5) is 13.5. The predicted molar refractivity (Wildman–Crippen MR) is 98.3 cm³/mol. The highest BCUT2D eigenvalue weighted by molar-refractivity contribution is 6.11. The van der Waals surface area contributed by atoms with Gasteiger partial charge in [-0.25, -0.2) is 0 Å². The molecule has 1 aliphatic carbocycles. The summed E-state index contributed by atoms with van der Waals surface area (Å²) < 4.78 is 43.1. The van der Waals surface area contributed by atoms with Crippen molar-refractivity contribution in [2.24, 2.45) is 16.7 Å². The number of benzene rings is 1. The summed E-state index contributed by atoms with van der Waals surface area (Å²) in [7, 11) is 0. The largest absolute Gasteiger partial charge is 0.396 e. The van der Waals surface area contributed by atoms with E-state index in [9.17, 15) is 4.79 Å². The van der Waals surface area contributed by atoms with Crippen molar-refractivity contribution in [1.82, 2.24) is 4.57 Å². The van der Waals surface area contributed by atoms with Gasteiger partial charge in [0.1, 0.15) is 0 Å². The molecule has 2 aromatic rings. The van der Waals surface area contributed by atoms with E-state index >= 15 is 0 Å². The van der Waals surface area contributed by atoms with Crippen molar-refractivity contribution >= 4 is 16.7 Å². The fourth-order valence-corrected chi connectivity index (χ4v) is 3.84. The predicted octanol–water partition coefficient (Wildman–Crippen LogP) is 4.67. The van der Waals surface area contributed by atoms with Crippen molar-refractivity contribution in [1.29, 1.82) is 0 Å². The molecular weight excluding hydrogens is 298 g/mol. The lowest BCUT2D eigenvalue weighted by molar-refractivity contribution is 0.0946. The van der Waals surface area contributed by atoms with Crippen molar-refractivity contribution in [3.8, 4) is 0 Å². The summed E-state index contributed by atoms with van der Waals surface area (Å²) in [6, 6.07) is -1.22. The summed E-state index contributed by atoms with van der Waals surface area (Å²) in [5.41, 5.74) is -0.142. The first kappa shape index (κ1) is 11.9. The van der Waals surface area contributed by atoms with Gasteiger partial charge in [0.2, 0.25) is 0 Å². The van der Waals surface area contributed by atoms with Crippen LogP contribution >= 0.6 is 0 Å². The first-order valence-corrected chi connectivity index (χ1v) is 8.65. The molecule has 3 rings (SSSR count). The number of hydrogen-bond donors (Lipinski definition) is 1. The number of rotatable bonds is 7. The molecule has 3 nitrogen and oxygen atoms in total. The van der Waals surface area contributed by atoms with Crippen LogP contribution in [0.15, 0.2) is 30.3 Å². The van der Waals surface area contributed by atoms with E-state index in [0.717, 1.165) is 6.42 Å². The Morgan fingerprint density at radius 2 is 1.83 bits per heavy atom. The van der Waals surface area contributed by atoms with Crippen molar-refractivity contribution in [3.63, 3.8) is 0 Å². The molecule has 1 aliphatic rings. The van der Waals surface area contributed by atoms with Gasteiger partial charge in [-0.3, -0.25) is 4.79 Å². The lowest BCUT2D eigenvalue weighted by atomic mass is 10.0. The molecule has 1 aromatic carbocycles. The highest BCUT2D eigenvalue weighted by atomic mass is 16.2. The highest BCUT2D eigenvalue weighted by Crippen LogP contribution is 2.69. The summed E-state index contributed by atoms with van der Waals surface area (Å²) in [6.07, 6.45) is 1.96. The van der Waals surface area contributed by atoms with Gasteiger partial charge in [0.15, 0.2) is 5.78 Å². The molecule has 0 spiro atoms. The fourth-order valence-electron chi connectivity index (χ4n) is 3.84. The van der Waals surface area contributed by atoms with Gasteiger partial charge in [-0.2, -0.15) is 0 Å². The van der Waals surface area contributed by atoms with E-state index in [-0.39, 0.29) is 75.9 Å². The van der Waals surface area contributed by atoms with Crippen LogP contribution in [0.2, 0.25) is 0 Å². The van der Waals surface area contributed by atoms with E-state index in [0.29, 0.717) is 19.4 Å². The van der Waals surface area contributed by atoms with Crippen molar-refractivity contribution in [2.45, 2.75) is 53.5 Å². The second kappa shape index (κ2) is 6.03. The Hall–Kier alpha value is -1.61. The second-order valence-corrected chi connectivity index (χ2v) is 7.89. The quantitative estimate of drug-likeness (QED) is 0.591. The maximum absolute atomic E-state index is 13.5. The summed E-state index contributed by atoms with van der Waals surface area (Å²) in [5, 5.41) is 9.15. The molecule has 130 valence electrons. The van der Waals surface area contributed by atoms with Gasteiger partial charge in [0.25, 0.3) is 0 Å². The Labute approximate surface area is 151 Å². The number of hydrogen-bond acceptors (Lipinski definition) is 2. The lowest BCUT2D eigenvalue weighted by Gasteiger charge is -2.04. The van der Waals surface area contributed by atoms with Gasteiger partial charge in [-0.1, -0.05) is 45.8 Å². The van der Waals surface area contributed by atoms with Gasteiger partial charge in [-0.15, -0.1) is 0 Å². The third-order valence-corrected chi connectivity index (χ3v) is 6.00. The number of fused-ring (bicyclic) bond motifs is 1. The first-order valence-electron chi connectivity index (χ1n) is 11.1. The fraction of sp³-hybridized carbons (Fsp3) is 0.571. The number of aromatic nitrogens is 1. The number of unbranched alkanes of at least 4 members (excludes halogenated alkanes) is 2. The Morgan fingerprint density at radius 1 is 1.17 bits per heavy atom. The SMILES string of the molecule is [2H]c1c([2H])c([2H])c2c(c1[2H])c(C(=O)C1C(C)(C)C1(C)C)c([2H])n2CCCCCO. The van der Waals surface area contributed by atoms with E-state index in [4.69, 9.17) is 12.0 Å². The Balaban J connectivity index is 2.22. The zero-order chi connectivity index (χ0) is 21.9. The van der Waals surface area contributed by atoms with Gasteiger partial charge < -0.3 is 9.67 Å². The number of carbonyl (C=O) groups excluding carboxylic acids is 1. The summed E-state index contributed by atoms with van der Waals surface area (Å²) in [5.74, 6) is -0.514. The van der Waals surface area contributed by atoms with Crippen LogP contribution in [0.5, 0.6) is 0 Å². The van der Waals surface area contributed by atoms with Crippen molar-refractivity contribution < 1.29 is 16.8 Å². The van der Waals surface area contributed by atoms with Gasteiger partial charge in [0, 0.05) is 41.7 Å². The van der Waals surface area contributed by atoms with Gasteiger partial charge >= 0.3 is 0 Å². The molecule has 1 saturated carbocycles. The number of aliphatic hydroxyl groups is 1. The number of ketones is 1. The maximum Gasteiger partial charge on any atom is 0.169 e. The van der Waals surface area contributed by atoms with E-state index in [1.54, 1.807) is 4.57 Å². The molecule has 1 fully saturated rings. The zero-order valence-electron chi connectivity index (χ0n) is 19.9. The molecule has 1 aromatic heterocycles. The molecule has 3 heteroatoms. The molecule has 24 heavy (non-hydrogen) atoms. The average molecular weight is 332 g/mol. The van der Waals surface area contributed by atoms with E-state index in [1.165, 1.54) is 0 Å². The monoisotopic (exact) mass is 332 g/mol. The van der Waals surface area contributed by atoms with Crippen LogP contribution in [-0.2, 0) is 6.54 Å². The normalized spacial score (nSPS) is 21.8. The number of carbonyl (C=O) groups is 1. The smallest absolute Gasteiger partial charge is 0.169 e. The van der Waals surface area contributed by atoms with Crippen LogP contribution in [0, 0.1) is 16.7 Å². The van der Waals surface area contributed by atoms with E-state index in [1.807, 2.05) is 27.7 Å². The molecule has 0 radical (unpaired) electrons. The third-order valence-electron chi connectivity index (χ3n) is 6.00. The summed E-state index contributed by atoms with van der Waals surface area (Å²) >= 11 is 0. The minimum absolute atomic E-state index is 0.0421. The van der Waals surface area contributed by atoms with Crippen molar-refractivity contribution in [2.75, 3.05) is 6.61 Å². The van der Waals surface area contributed by atoms with Crippen LogP contribution in [0.25, 0.3) is 10.9 Å². The Morgan fingerprint density at radius 3 is 2.46 bits per heavy atom. The molecule has 0 amide bonds. The molecule has 0 saturated heterocycles. The Bertz CT molecular complexity index is 979. The number of nitrogens with zero attached hydrogens (tertiary/aromatic N) is 1. The molecule has 0 atom stereocenters. The number of para-hydroxylation sites is 1. The van der Waals surface area contributed by atoms with E-state index in [2.05, 4.69) is 0 Å². The third kappa shape index (κ3) is 2.59. The molecule has 1 N–H and O–H groups in total.